The Bertz CT molecular complexity index is 527. The molecule has 0 atom stereocenters. The molecule has 100 valence electrons. The highest BCUT2D eigenvalue weighted by molar-refractivity contribution is 6.30. The molecule has 1 aliphatic heterocycles. The Labute approximate surface area is 118 Å². The molecule has 0 amide bonds. The van der Waals surface area contributed by atoms with E-state index in [2.05, 4.69) is 16.0 Å². The summed E-state index contributed by atoms with van der Waals surface area (Å²) in [5, 5.41) is 0.711. The molecule has 1 aliphatic carbocycles. The summed E-state index contributed by atoms with van der Waals surface area (Å²) in [6, 6.07) is 5.97. The number of isocyanates is 1. The van der Waals surface area contributed by atoms with Crippen LogP contribution in [-0.2, 0) is 10.3 Å². The largest absolute Gasteiger partial charge is 0.371 e. The van der Waals surface area contributed by atoms with E-state index >= 15 is 0 Å². The van der Waals surface area contributed by atoms with E-state index in [0.29, 0.717) is 5.02 Å². The third kappa shape index (κ3) is 2.41. The number of anilines is 1. The lowest BCUT2D eigenvalue weighted by Gasteiger charge is -2.31. The summed E-state index contributed by atoms with van der Waals surface area (Å²) in [4.78, 5) is 17.1. The highest BCUT2D eigenvalue weighted by atomic mass is 35.5. The van der Waals surface area contributed by atoms with Gasteiger partial charge in [0.25, 0.3) is 0 Å². The number of rotatable bonds is 3. The molecule has 0 N–H and O–H groups in total. The second-order valence-corrected chi connectivity index (χ2v) is 5.88. The maximum Gasteiger partial charge on any atom is 0.235 e. The number of hydrogen-bond acceptors (Lipinski definition) is 3. The first kappa shape index (κ1) is 12.7. The Morgan fingerprint density at radius 2 is 1.95 bits per heavy atom. The fraction of sp³-hybridized carbons (Fsp3) is 0.533. The average molecular weight is 277 g/mol. The monoisotopic (exact) mass is 276 g/mol. The predicted octanol–water partition coefficient (Wildman–Crippen LogP) is 3.66. The molecule has 19 heavy (non-hydrogen) atoms. The van der Waals surface area contributed by atoms with Crippen LogP contribution < -0.4 is 4.90 Å². The zero-order valence-electron chi connectivity index (χ0n) is 10.9. The van der Waals surface area contributed by atoms with Gasteiger partial charge < -0.3 is 4.90 Å². The molecule has 0 aromatic heterocycles. The minimum atomic E-state index is -0.348. The quantitative estimate of drug-likeness (QED) is 0.623. The zero-order chi connectivity index (χ0) is 13.3. The molecule has 2 aliphatic rings. The third-order valence-corrected chi connectivity index (χ3v) is 4.38. The van der Waals surface area contributed by atoms with Crippen molar-refractivity contribution in [2.45, 2.75) is 37.6 Å². The van der Waals surface area contributed by atoms with Crippen LogP contribution in [0.2, 0.25) is 5.02 Å². The van der Waals surface area contributed by atoms with Crippen LogP contribution in [-0.4, -0.2) is 19.2 Å². The Morgan fingerprint density at radius 1 is 1.21 bits per heavy atom. The lowest BCUT2D eigenvalue weighted by atomic mass is 10.0. The molecule has 1 aromatic carbocycles. The molecule has 0 spiro atoms. The normalized spacial score (nSPS) is 20.8. The van der Waals surface area contributed by atoms with E-state index in [-0.39, 0.29) is 5.54 Å². The minimum Gasteiger partial charge on any atom is -0.371 e. The van der Waals surface area contributed by atoms with Gasteiger partial charge in [0, 0.05) is 29.4 Å². The Balaban J connectivity index is 2.02. The third-order valence-electron chi connectivity index (χ3n) is 4.14. The molecule has 1 heterocycles. The van der Waals surface area contributed by atoms with E-state index in [1.807, 2.05) is 12.1 Å². The number of aliphatic imine (C=N–C) groups is 1. The number of piperidine rings is 1. The van der Waals surface area contributed by atoms with Gasteiger partial charge in [-0.1, -0.05) is 11.6 Å². The fourth-order valence-corrected chi connectivity index (χ4v) is 3.11. The second-order valence-electron chi connectivity index (χ2n) is 5.44. The van der Waals surface area contributed by atoms with Gasteiger partial charge in [-0.3, -0.25) is 0 Å². The highest BCUT2D eigenvalue weighted by Crippen LogP contribution is 2.53. The van der Waals surface area contributed by atoms with E-state index in [4.69, 9.17) is 11.6 Å². The summed E-state index contributed by atoms with van der Waals surface area (Å²) in [5.41, 5.74) is 1.95. The van der Waals surface area contributed by atoms with E-state index in [0.717, 1.165) is 31.5 Å². The topological polar surface area (TPSA) is 32.7 Å². The molecule has 0 bridgehead atoms. The average Bonchev–Trinajstić information content (AvgIpc) is 3.21. The zero-order valence-corrected chi connectivity index (χ0v) is 11.6. The molecule has 4 heteroatoms. The van der Waals surface area contributed by atoms with Crippen molar-refractivity contribution >= 4 is 23.4 Å². The van der Waals surface area contributed by atoms with Gasteiger partial charge in [0.05, 0.1) is 0 Å². The summed E-state index contributed by atoms with van der Waals surface area (Å²) >= 11 is 6.13. The first-order valence-corrected chi connectivity index (χ1v) is 7.27. The van der Waals surface area contributed by atoms with Crippen molar-refractivity contribution in [3.8, 4) is 0 Å². The second kappa shape index (κ2) is 4.99. The van der Waals surface area contributed by atoms with Gasteiger partial charge in [0.2, 0.25) is 6.08 Å². The Kier molecular flexibility index (Phi) is 3.34. The Morgan fingerprint density at radius 3 is 2.58 bits per heavy atom. The molecule has 2 fully saturated rings. The number of hydrogen-bond donors (Lipinski definition) is 0. The molecular weight excluding hydrogens is 260 g/mol. The molecule has 0 radical (unpaired) electrons. The van der Waals surface area contributed by atoms with Crippen molar-refractivity contribution in [3.05, 3.63) is 28.8 Å². The summed E-state index contributed by atoms with van der Waals surface area (Å²) in [5.74, 6) is 0. The summed E-state index contributed by atoms with van der Waals surface area (Å²) in [6.07, 6.45) is 7.33. The Hall–Kier alpha value is -1.31. The van der Waals surface area contributed by atoms with Gasteiger partial charge >= 0.3 is 0 Å². The van der Waals surface area contributed by atoms with Crippen molar-refractivity contribution in [1.29, 1.82) is 0 Å². The first-order valence-electron chi connectivity index (χ1n) is 6.89. The first-order chi connectivity index (χ1) is 9.25. The smallest absolute Gasteiger partial charge is 0.235 e. The van der Waals surface area contributed by atoms with E-state index in [9.17, 15) is 4.79 Å². The lowest BCUT2D eigenvalue weighted by Crippen LogP contribution is -2.31. The molecule has 1 aromatic rings. The van der Waals surface area contributed by atoms with Crippen molar-refractivity contribution in [2.24, 2.45) is 4.99 Å². The van der Waals surface area contributed by atoms with Crippen LogP contribution in [0.15, 0.2) is 23.2 Å². The predicted molar refractivity (Wildman–Crippen MR) is 76.5 cm³/mol. The summed E-state index contributed by atoms with van der Waals surface area (Å²) < 4.78 is 0. The number of halogens is 1. The molecule has 1 saturated heterocycles. The SMILES string of the molecule is O=C=NC1(c2cc(Cl)ccc2N2CCCCC2)CC1. The standard InChI is InChI=1S/C15H17ClN2O/c16-12-4-5-14(18-8-2-1-3-9-18)13(10-12)15(6-7-15)17-11-19/h4-5,10H,1-3,6-9H2. The van der Waals surface area contributed by atoms with Crippen LogP contribution in [0.25, 0.3) is 0 Å². The van der Waals surface area contributed by atoms with Crippen LogP contribution in [0.5, 0.6) is 0 Å². The molecule has 1 saturated carbocycles. The van der Waals surface area contributed by atoms with Crippen LogP contribution in [0, 0.1) is 0 Å². The molecule has 0 unspecified atom stereocenters. The lowest BCUT2D eigenvalue weighted by molar-refractivity contribution is 0.554. The van der Waals surface area contributed by atoms with Crippen LogP contribution in [0.4, 0.5) is 5.69 Å². The van der Waals surface area contributed by atoms with Crippen LogP contribution in [0.3, 0.4) is 0 Å². The fourth-order valence-electron chi connectivity index (χ4n) is 2.94. The number of benzene rings is 1. The number of carbonyl (C=O) groups excluding carboxylic acids is 1. The molecular formula is C15H17ClN2O. The highest BCUT2D eigenvalue weighted by Gasteiger charge is 2.47. The van der Waals surface area contributed by atoms with Gasteiger partial charge in [0.15, 0.2) is 0 Å². The van der Waals surface area contributed by atoms with Gasteiger partial charge in [-0.05, 0) is 50.3 Å². The van der Waals surface area contributed by atoms with E-state index in [1.54, 1.807) is 6.08 Å². The molecule has 3 nitrogen and oxygen atoms in total. The van der Waals surface area contributed by atoms with Crippen LogP contribution in [0.1, 0.15) is 37.7 Å². The maximum absolute atomic E-state index is 10.7. The summed E-state index contributed by atoms with van der Waals surface area (Å²) in [7, 11) is 0. The van der Waals surface area contributed by atoms with Crippen molar-refractivity contribution < 1.29 is 4.79 Å². The minimum absolute atomic E-state index is 0.348. The van der Waals surface area contributed by atoms with E-state index in [1.165, 1.54) is 24.9 Å². The van der Waals surface area contributed by atoms with Gasteiger partial charge in [0.1, 0.15) is 5.54 Å². The van der Waals surface area contributed by atoms with Gasteiger partial charge in [-0.2, -0.15) is 4.99 Å². The van der Waals surface area contributed by atoms with E-state index < -0.39 is 0 Å². The molecule has 3 rings (SSSR count). The van der Waals surface area contributed by atoms with Crippen molar-refractivity contribution in [2.75, 3.05) is 18.0 Å². The maximum atomic E-state index is 10.7. The van der Waals surface area contributed by atoms with Crippen molar-refractivity contribution in [1.82, 2.24) is 0 Å². The van der Waals surface area contributed by atoms with Crippen LogP contribution >= 0.6 is 11.6 Å². The summed E-state index contributed by atoms with van der Waals surface area (Å²) in [6.45, 7) is 2.16. The number of nitrogens with zero attached hydrogens (tertiary/aromatic N) is 2. The van der Waals surface area contributed by atoms with Crippen molar-refractivity contribution in [3.63, 3.8) is 0 Å². The van der Waals surface area contributed by atoms with Gasteiger partial charge in [-0.15, -0.1) is 0 Å². The van der Waals surface area contributed by atoms with Gasteiger partial charge in [-0.25, -0.2) is 4.79 Å².